The normalized spacial score (nSPS) is 10.8. The van der Waals surface area contributed by atoms with E-state index in [1.807, 2.05) is 32.0 Å². The minimum atomic E-state index is -0.192. The summed E-state index contributed by atoms with van der Waals surface area (Å²) in [5, 5.41) is 12.5. The first-order valence-corrected chi connectivity index (χ1v) is 13.4. The van der Waals surface area contributed by atoms with E-state index in [-0.39, 0.29) is 11.9 Å². The summed E-state index contributed by atoms with van der Waals surface area (Å²) in [4.78, 5) is 26.0. The van der Waals surface area contributed by atoms with E-state index in [9.17, 15) is 4.79 Å². The van der Waals surface area contributed by atoms with Gasteiger partial charge in [0.1, 0.15) is 0 Å². The molecular weight excluding hydrogens is 528 g/mol. The fourth-order valence-electron chi connectivity index (χ4n) is 3.68. The first kappa shape index (κ1) is 31.3. The molecule has 0 radical (unpaired) electrons. The molecule has 0 aliphatic carbocycles. The van der Waals surface area contributed by atoms with Gasteiger partial charge in [-0.2, -0.15) is 15.0 Å². The SMILES string of the molecule is COc1cccc(CNc2nc(Nc3ccc(C(=O)NCCOCCOCCN)cc3)nc(NC(C)C)n2)c1OC. The molecule has 0 aliphatic heterocycles. The van der Waals surface area contributed by atoms with Crippen molar-refractivity contribution in [3.63, 3.8) is 0 Å². The van der Waals surface area contributed by atoms with Crippen LogP contribution in [0.4, 0.5) is 23.5 Å². The number of hydrogen-bond acceptors (Lipinski definition) is 12. The van der Waals surface area contributed by atoms with E-state index < -0.39 is 0 Å². The van der Waals surface area contributed by atoms with Crippen LogP contribution in [0.15, 0.2) is 42.5 Å². The Labute approximate surface area is 240 Å². The average molecular weight is 569 g/mol. The molecule has 0 aliphatic rings. The molecule has 3 rings (SSSR count). The number of rotatable bonds is 18. The second-order valence-corrected chi connectivity index (χ2v) is 9.08. The topological polar surface area (TPSA) is 167 Å². The summed E-state index contributed by atoms with van der Waals surface area (Å²) >= 11 is 0. The van der Waals surface area contributed by atoms with Gasteiger partial charge >= 0.3 is 0 Å². The number of methoxy groups -OCH3 is 2. The molecule has 1 aromatic heterocycles. The standard InChI is InChI=1S/C28H40N8O5/c1-19(2)32-27-34-26(31-18-21-6-5-7-23(38-3)24(21)39-4)35-28(36-27)33-22-10-8-20(9-11-22)25(37)30-13-15-41-17-16-40-14-12-29/h5-11,19H,12-18,29H2,1-4H3,(H,30,37)(H3,31,32,33,34,35,36). The molecule has 0 spiro atoms. The molecule has 2 aromatic carbocycles. The van der Waals surface area contributed by atoms with Crippen LogP contribution in [0, 0.1) is 0 Å². The number of nitrogens with two attached hydrogens (primary N) is 1. The van der Waals surface area contributed by atoms with E-state index in [0.717, 1.165) is 5.56 Å². The van der Waals surface area contributed by atoms with Gasteiger partial charge in [-0.1, -0.05) is 12.1 Å². The van der Waals surface area contributed by atoms with Crippen molar-refractivity contribution in [2.24, 2.45) is 5.73 Å². The van der Waals surface area contributed by atoms with E-state index >= 15 is 0 Å². The van der Waals surface area contributed by atoms with Gasteiger partial charge in [-0.15, -0.1) is 0 Å². The molecule has 0 saturated heterocycles. The number of carbonyl (C=O) groups is 1. The molecule has 41 heavy (non-hydrogen) atoms. The van der Waals surface area contributed by atoms with Crippen molar-refractivity contribution in [2.45, 2.75) is 26.4 Å². The summed E-state index contributed by atoms with van der Waals surface area (Å²) in [6.07, 6.45) is 0. The molecule has 13 nitrogen and oxygen atoms in total. The third-order valence-electron chi connectivity index (χ3n) is 5.54. The van der Waals surface area contributed by atoms with Crippen LogP contribution in [0.5, 0.6) is 11.5 Å². The maximum Gasteiger partial charge on any atom is 0.251 e. The summed E-state index contributed by atoms with van der Waals surface area (Å²) in [7, 11) is 3.20. The largest absolute Gasteiger partial charge is 0.493 e. The number of para-hydroxylation sites is 1. The third kappa shape index (κ3) is 10.4. The van der Waals surface area contributed by atoms with E-state index in [2.05, 4.69) is 36.2 Å². The fraction of sp³-hybridized carbons (Fsp3) is 0.429. The van der Waals surface area contributed by atoms with Crippen molar-refractivity contribution in [2.75, 3.05) is 69.7 Å². The van der Waals surface area contributed by atoms with Crippen LogP contribution in [-0.4, -0.2) is 80.6 Å². The second-order valence-electron chi connectivity index (χ2n) is 9.08. The van der Waals surface area contributed by atoms with Crippen LogP contribution >= 0.6 is 0 Å². The number of nitrogens with zero attached hydrogens (tertiary/aromatic N) is 3. The van der Waals surface area contributed by atoms with Gasteiger partial charge in [-0.25, -0.2) is 0 Å². The lowest BCUT2D eigenvalue weighted by atomic mass is 10.2. The number of amides is 1. The van der Waals surface area contributed by atoms with Gasteiger partial charge in [-0.05, 0) is 44.2 Å². The van der Waals surface area contributed by atoms with Crippen molar-refractivity contribution in [3.05, 3.63) is 53.6 Å². The zero-order chi connectivity index (χ0) is 29.5. The van der Waals surface area contributed by atoms with Crippen LogP contribution in [0.3, 0.4) is 0 Å². The molecule has 6 N–H and O–H groups in total. The quantitative estimate of drug-likeness (QED) is 0.143. The van der Waals surface area contributed by atoms with Crippen LogP contribution in [0.1, 0.15) is 29.8 Å². The summed E-state index contributed by atoms with van der Waals surface area (Å²) in [5.41, 5.74) is 7.48. The van der Waals surface area contributed by atoms with Crippen LogP contribution in [0.2, 0.25) is 0 Å². The first-order chi connectivity index (χ1) is 19.9. The number of carbonyl (C=O) groups excluding carboxylic acids is 1. The highest BCUT2D eigenvalue weighted by atomic mass is 16.5. The first-order valence-electron chi connectivity index (χ1n) is 13.4. The lowest BCUT2D eigenvalue weighted by Crippen LogP contribution is -2.27. The highest BCUT2D eigenvalue weighted by Gasteiger charge is 2.12. The Hall–Kier alpha value is -4.20. The molecule has 0 atom stereocenters. The Morgan fingerprint density at radius 3 is 2.27 bits per heavy atom. The van der Waals surface area contributed by atoms with Crippen molar-refractivity contribution in [3.8, 4) is 11.5 Å². The van der Waals surface area contributed by atoms with E-state index in [4.69, 9.17) is 24.7 Å². The van der Waals surface area contributed by atoms with Gasteiger partial charge in [-0.3, -0.25) is 4.79 Å². The molecule has 0 unspecified atom stereocenters. The van der Waals surface area contributed by atoms with Gasteiger partial charge < -0.3 is 45.9 Å². The molecule has 1 amide bonds. The number of nitrogens with one attached hydrogen (secondary N) is 4. The van der Waals surface area contributed by atoms with Crippen LogP contribution in [-0.2, 0) is 16.0 Å². The van der Waals surface area contributed by atoms with E-state index in [0.29, 0.717) is 86.7 Å². The Kier molecular flexibility index (Phi) is 12.8. The molecule has 0 bridgehead atoms. The maximum absolute atomic E-state index is 12.5. The predicted molar refractivity (Wildman–Crippen MR) is 158 cm³/mol. The smallest absolute Gasteiger partial charge is 0.251 e. The Bertz CT molecular complexity index is 1230. The van der Waals surface area contributed by atoms with Gasteiger partial charge in [0.2, 0.25) is 17.8 Å². The van der Waals surface area contributed by atoms with E-state index in [1.165, 1.54) is 0 Å². The van der Waals surface area contributed by atoms with Gasteiger partial charge in [0.15, 0.2) is 11.5 Å². The molecule has 222 valence electrons. The average Bonchev–Trinajstić information content (AvgIpc) is 2.97. The van der Waals surface area contributed by atoms with Crippen molar-refractivity contribution < 1.29 is 23.7 Å². The predicted octanol–water partition coefficient (Wildman–Crippen LogP) is 2.79. The highest BCUT2D eigenvalue weighted by molar-refractivity contribution is 5.94. The Morgan fingerprint density at radius 1 is 0.878 bits per heavy atom. The Morgan fingerprint density at radius 2 is 1.59 bits per heavy atom. The van der Waals surface area contributed by atoms with Gasteiger partial charge in [0.25, 0.3) is 5.91 Å². The maximum atomic E-state index is 12.5. The van der Waals surface area contributed by atoms with Crippen molar-refractivity contribution >= 4 is 29.4 Å². The number of aromatic nitrogens is 3. The summed E-state index contributed by atoms with van der Waals surface area (Å²) in [6.45, 7) is 7.11. The third-order valence-corrected chi connectivity index (χ3v) is 5.54. The number of ether oxygens (including phenoxy) is 4. The van der Waals surface area contributed by atoms with Gasteiger partial charge in [0.05, 0.1) is 40.6 Å². The zero-order valence-corrected chi connectivity index (χ0v) is 24.0. The zero-order valence-electron chi connectivity index (χ0n) is 24.0. The summed E-state index contributed by atoms with van der Waals surface area (Å²) in [5.74, 6) is 2.22. The monoisotopic (exact) mass is 568 g/mol. The van der Waals surface area contributed by atoms with Crippen LogP contribution in [0.25, 0.3) is 0 Å². The van der Waals surface area contributed by atoms with Crippen LogP contribution < -0.4 is 36.5 Å². The molecule has 13 heteroatoms. The molecule has 0 fully saturated rings. The summed E-state index contributed by atoms with van der Waals surface area (Å²) < 4.78 is 21.6. The number of hydrogen-bond donors (Lipinski definition) is 5. The summed E-state index contributed by atoms with van der Waals surface area (Å²) in [6, 6.07) is 12.8. The second kappa shape index (κ2) is 16.8. The lowest BCUT2D eigenvalue weighted by Gasteiger charge is -2.15. The van der Waals surface area contributed by atoms with Gasteiger partial charge in [0, 0.05) is 42.5 Å². The molecule has 3 aromatic rings. The minimum absolute atomic E-state index is 0.115. The minimum Gasteiger partial charge on any atom is -0.493 e. The lowest BCUT2D eigenvalue weighted by molar-refractivity contribution is 0.0511. The molecule has 0 saturated carbocycles. The fourth-order valence-corrected chi connectivity index (χ4v) is 3.68. The number of benzene rings is 2. The molecular formula is C28H40N8O5. The molecule has 1 heterocycles. The van der Waals surface area contributed by atoms with Crippen molar-refractivity contribution in [1.29, 1.82) is 0 Å². The number of anilines is 4. The van der Waals surface area contributed by atoms with E-state index in [1.54, 1.807) is 38.5 Å². The van der Waals surface area contributed by atoms with Crippen molar-refractivity contribution in [1.82, 2.24) is 20.3 Å². The Balaban J connectivity index is 1.60. The highest BCUT2D eigenvalue weighted by Crippen LogP contribution is 2.31.